The van der Waals surface area contributed by atoms with Gasteiger partial charge in [0.25, 0.3) is 0 Å². The Morgan fingerprint density at radius 3 is 2.50 bits per heavy atom. The van der Waals surface area contributed by atoms with Crippen LogP contribution >= 0.6 is 0 Å². The lowest BCUT2D eigenvalue weighted by Crippen LogP contribution is -2.24. The third-order valence-corrected chi connectivity index (χ3v) is 6.11. The maximum atomic E-state index is 12.7. The number of hydrogen-bond donors (Lipinski definition) is 1. The summed E-state index contributed by atoms with van der Waals surface area (Å²) in [5.74, 6) is 0.946. The van der Waals surface area contributed by atoms with Crippen molar-refractivity contribution >= 4 is 15.7 Å². The van der Waals surface area contributed by atoms with Crippen LogP contribution in [0.4, 0.5) is 5.69 Å². The van der Waals surface area contributed by atoms with Crippen molar-refractivity contribution in [1.29, 1.82) is 0 Å². The molecule has 1 N–H and O–H groups in total. The monoisotopic (exact) mass is 398 g/mol. The quantitative estimate of drug-likeness (QED) is 0.664. The van der Waals surface area contributed by atoms with Crippen LogP contribution in [0, 0.1) is 13.8 Å². The number of imidazole rings is 1. The van der Waals surface area contributed by atoms with E-state index in [1.54, 1.807) is 18.3 Å². The molecule has 0 bridgehead atoms. The van der Waals surface area contributed by atoms with Crippen LogP contribution in [0.5, 0.6) is 0 Å². The van der Waals surface area contributed by atoms with Crippen molar-refractivity contribution < 1.29 is 8.42 Å². The van der Waals surface area contributed by atoms with Gasteiger partial charge in [0.2, 0.25) is 10.0 Å². The molecule has 7 heteroatoms. The zero-order valence-corrected chi connectivity index (χ0v) is 17.5. The number of nitrogens with zero attached hydrogens (tertiary/aromatic N) is 3. The highest BCUT2D eigenvalue weighted by molar-refractivity contribution is 7.89. The van der Waals surface area contributed by atoms with Gasteiger partial charge in [-0.05, 0) is 42.7 Å². The van der Waals surface area contributed by atoms with Gasteiger partial charge in [-0.2, -0.15) is 0 Å². The fraction of sp³-hybridized carbons (Fsp3) is 0.286. The maximum Gasteiger partial charge on any atom is 0.240 e. The average molecular weight is 399 g/mol. The SMILES string of the molecule is Cc1ccc(S(=O)(=O)NCc2cccc(Cn3ccnc3C)c2)cc1N(C)C. The predicted molar refractivity (Wildman–Crippen MR) is 112 cm³/mol. The molecule has 28 heavy (non-hydrogen) atoms. The molecule has 3 aromatic rings. The minimum Gasteiger partial charge on any atom is -0.377 e. The van der Waals surface area contributed by atoms with E-state index in [0.29, 0.717) is 6.54 Å². The molecule has 2 aromatic carbocycles. The molecule has 0 aliphatic carbocycles. The largest absolute Gasteiger partial charge is 0.377 e. The molecule has 1 aromatic heterocycles. The summed E-state index contributed by atoms with van der Waals surface area (Å²) in [6, 6.07) is 13.1. The molecule has 0 fully saturated rings. The average Bonchev–Trinajstić information content (AvgIpc) is 3.05. The van der Waals surface area contributed by atoms with Crippen molar-refractivity contribution in [3.8, 4) is 0 Å². The van der Waals surface area contributed by atoms with E-state index in [9.17, 15) is 8.42 Å². The van der Waals surface area contributed by atoms with E-state index in [2.05, 4.69) is 14.3 Å². The number of hydrogen-bond acceptors (Lipinski definition) is 4. The van der Waals surface area contributed by atoms with E-state index >= 15 is 0 Å². The number of rotatable bonds is 7. The van der Waals surface area contributed by atoms with Crippen LogP contribution in [0.2, 0.25) is 0 Å². The lowest BCUT2D eigenvalue weighted by atomic mass is 10.1. The molecule has 0 spiro atoms. The molecular formula is C21H26N4O2S. The highest BCUT2D eigenvalue weighted by Crippen LogP contribution is 2.22. The minimum atomic E-state index is -3.59. The van der Waals surface area contributed by atoms with Crippen LogP contribution in [-0.4, -0.2) is 32.1 Å². The van der Waals surface area contributed by atoms with Gasteiger partial charge < -0.3 is 9.47 Å². The zero-order chi connectivity index (χ0) is 20.3. The summed E-state index contributed by atoms with van der Waals surface area (Å²) in [6.45, 7) is 4.87. The van der Waals surface area contributed by atoms with Gasteiger partial charge in [0.05, 0.1) is 4.90 Å². The number of benzene rings is 2. The van der Waals surface area contributed by atoms with Gasteiger partial charge in [-0.15, -0.1) is 0 Å². The number of aromatic nitrogens is 2. The lowest BCUT2D eigenvalue weighted by molar-refractivity contribution is 0.581. The molecule has 0 amide bonds. The number of sulfonamides is 1. The van der Waals surface area contributed by atoms with Crippen LogP contribution in [0.1, 0.15) is 22.5 Å². The minimum absolute atomic E-state index is 0.240. The summed E-state index contributed by atoms with van der Waals surface area (Å²) in [5.41, 5.74) is 3.94. The van der Waals surface area contributed by atoms with Gasteiger partial charge in [0, 0.05) is 45.3 Å². The van der Waals surface area contributed by atoms with Crippen LogP contribution in [0.25, 0.3) is 0 Å². The number of nitrogens with one attached hydrogen (secondary N) is 1. The Morgan fingerprint density at radius 1 is 1.07 bits per heavy atom. The molecule has 0 saturated carbocycles. The molecule has 3 rings (SSSR count). The van der Waals surface area contributed by atoms with Crippen LogP contribution in [0.3, 0.4) is 0 Å². The number of anilines is 1. The van der Waals surface area contributed by atoms with Gasteiger partial charge in [0.1, 0.15) is 5.82 Å². The first kappa shape index (κ1) is 20.1. The Bertz CT molecular complexity index is 1070. The van der Waals surface area contributed by atoms with Gasteiger partial charge in [0.15, 0.2) is 0 Å². The Morgan fingerprint density at radius 2 is 1.82 bits per heavy atom. The molecule has 0 radical (unpaired) electrons. The van der Waals surface area contributed by atoms with Gasteiger partial charge in [-0.25, -0.2) is 18.1 Å². The Hall–Kier alpha value is -2.64. The van der Waals surface area contributed by atoms with Crippen LogP contribution < -0.4 is 9.62 Å². The molecule has 0 aliphatic rings. The smallest absolute Gasteiger partial charge is 0.240 e. The molecular weight excluding hydrogens is 372 g/mol. The summed E-state index contributed by atoms with van der Waals surface area (Å²) >= 11 is 0. The van der Waals surface area contributed by atoms with Crippen molar-refractivity contribution in [2.45, 2.75) is 31.8 Å². The van der Waals surface area contributed by atoms with E-state index in [1.807, 2.05) is 69.4 Å². The maximum absolute atomic E-state index is 12.7. The van der Waals surface area contributed by atoms with Crippen molar-refractivity contribution in [1.82, 2.24) is 14.3 Å². The molecule has 148 valence electrons. The third kappa shape index (κ3) is 4.61. The molecule has 1 heterocycles. The Labute approximate surface area is 166 Å². The predicted octanol–water partition coefficient (Wildman–Crippen LogP) is 3.09. The topological polar surface area (TPSA) is 67.2 Å². The number of aryl methyl sites for hydroxylation is 2. The first-order valence-electron chi connectivity index (χ1n) is 9.09. The lowest BCUT2D eigenvalue weighted by Gasteiger charge is -2.17. The second-order valence-corrected chi connectivity index (χ2v) is 8.86. The van der Waals surface area contributed by atoms with E-state index in [0.717, 1.165) is 28.2 Å². The summed E-state index contributed by atoms with van der Waals surface area (Å²) in [5, 5.41) is 0. The Balaban J connectivity index is 1.74. The van der Waals surface area contributed by atoms with E-state index in [-0.39, 0.29) is 11.4 Å². The van der Waals surface area contributed by atoms with Gasteiger partial charge >= 0.3 is 0 Å². The fourth-order valence-corrected chi connectivity index (χ4v) is 4.14. The van der Waals surface area contributed by atoms with Crippen molar-refractivity contribution in [2.75, 3.05) is 19.0 Å². The third-order valence-electron chi connectivity index (χ3n) is 4.71. The second kappa shape index (κ2) is 8.16. The fourth-order valence-electron chi connectivity index (χ4n) is 3.11. The first-order valence-corrected chi connectivity index (χ1v) is 10.6. The molecule has 6 nitrogen and oxygen atoms in total. The molecule has 0 atom stereocenters. The summed E-state index contributed by atoms with van der Waals surface area (Å²) in [6.07, 6.45) is 3.71. The van der Waals surface area contributed by atoms with E-state index in [1.165, 1.54) is 0 Å². The molecule has 0 aliphatic heterocycles. The molecule has 0 unspecified atom stereocenters. The highest BCUT2D eigenvalue weighted by atomic mass is 32.2. The first-order chi connectivity index (χ1) is 13.3. The molecule has 0 saturated heterocycles. The summed E-state index contributed by atoms with van der Waals surface area (Å²) in [4.78, 5) is 6.41. The zero-order valence-electron chi connectivity index (χ0n) is 16.7. The summed E-state index contributed by atoms with van der Waals surface area (Å²) < 4.78 is 30.2. The van der Waals surface area contributed by atoms with Crippen LogP contribution in [0.15, 0.2) is 59.8 Å². The van der Waals surface area contributed by atoms with Gasteiger partial charge in [-0.3, -0.25) is 0 Å². The standard InChI is InChI=1S/C21H26N4O2S/c1-16-8-9-20(13-21(16)24(3)4)28(26,27)23-14-18-6-5-7-19(12-18)15-25-11-10-22-17(25)2/h5-13,23H,14-15H2,1-4H3. The van der Waals surface area contributed by atoms with Crippen LogP contribution in [-0.2, 0) is 23.1 Å². The van der Waals surface area contributed by atoms with Crippen molar-refractivity contribution in [2.24, 2.45) is 0 Å². The second-order valence-electron chi connectivity index (χ2n) is 7.09. The summed E-state index contributed by atoms with van der Waals surface area (Å²) in [7, 11) is 0.212. The van der Waals surface area contributed by atoms with E-state index in [4.69, 9.17) is 0 Å². The highest BCUT2D eigenvalue weighted by Gasteiger charge is 2.16. The van der Waals surface area contributed by atoms with Crippen molar-refractivity contribution in [3.63, 3.8) is 0 Å². The Kier molecular flexibility index (Phi) is 5.86. The normalized spacial score (nSPS) is 11.6. The van der Waals surface area contributed by atoms with E-state index < -0.39 is 10.0 Å². The van der Waals surface area contributed by atoms with Crippen molar-refractivity contribution in [3.05, 3.63) is 77.4 Å². The van der Waals surface area contributed by atoms with Gasteiger partial charge in [-0.1, -0.05) is 30.3 Å².